The molecule has 0 saturated heterocycles. The molecule has 1 amide bonds. The number of halogens is 1. The molecule has 0 bridgehead atoms. The topological polar surface area (TPSA) is 89.0 Å². The van der Waals surface area contributed by atoms with Crippen LogP contribution in [0.25, 0.3) is 0 Å². The van der Waals surface area contributed by atoms with Gasteiger partial charge in [-0.1, -0.05) is 41.6 Å². The van der Waals surface area contributed by atoms with Crippen molar-refractivity contribution in [1.82, 2.24) is 20.1 Å². The van der Waals surface area contributed by atoms with Crippen LogP contribution < -0.4 is 11.0 Å². The Hall–Kier alpha value is -1.77. The van der Waals surface area contributed by atoms with Crippen LogP contribution in [0.4, 0.5) is 0 Å². The fourth-order valence-electron chi connectivity index (χ4n) is 2.14. The van der Waals surface area contributed by atoms with Crippen LogP contribution in [0.15, 0.2) is 34.2 Å². The number of H-pyrrole nitrogens is 1. The highest BCUT2D eigenvalue weighted by Gasteiger charge is 2.19. The van der Waals surface area contributed by atoms with E-state index in [1.165, 1.54) is 16.3 Å². The number of ether oxygens (including phenoxy) is 1. The zero-order chi connectivity index (χ0) is 18.2. The third-order valence-corrected chi connectivity index (χ3v) is 4.97. The first-order valence-electron chi connectivity index (χ1n) is 7.85. The number of nitrogens with one attached hydrogen (secondary N) is 2. The van der Waals surface area contributed by atoms with Gasteiger partial charge in [0, 0.05) is 31.8 Å². The molecule has 0 radical (unpaired) electrons. The van der Waals surface area contributed by atoms with Gasteiger partial charge in [0.05, 0.1) is 5.25 Å². The van der Waals surface area contributed by atoms with E-state index < -0.39 is 5.25 Å². The van der Waals surface area contributed by atoms with E-state index >= 15 is 0 Å². The van der Waals surface area contributed by atoms with E-state index in [4.69, 9.17) is 16.3 Å². The van der Waals surface area contributed by atoms with Gasteiger partial charge < -0.3 is 10.1 Å². The molecule has 0 spiro atoms. The van der Waals surface area contributed by atoms with Gasteiger partial charge in [0.15, 0.2) is 5.16 Å². The summed E-state index contributed by atoms with van der Waals surface area (Å²) >= 11 is 7.31. The van der Waals surface area contributed by atoms with Crippen LogP contribution >= 0.6 is 23.4 Å². The Morgan fingerprint density at radius 2 is 2.24 bits per heavy atom. The quantitative estimate of drug-likeness (QED) is 0.510. The number of hydrogen-bond donors (Lipinski definition) is 2. The second kappa shape index (κ2) is 9.65. The molecular weight excluding hydrogens is 364 g/mol. The number of carbonyl (C=O) groups is 1. The molecule has 136 valence electrons. The number of benzene rings is 1. The largest absolute Gasteiger partial charge is 0.385 e. The van der Waals surface area contributed by atoms with Gasteiger partial charge in [0.25, 0.3) is 0 Å². The predicted molar refractivity (Wildman–Crippen MR) is 98.0 cm³/mol. The van der Waals surface area contributed by atoms with Crippen LogP contribution in [-0.2, 0) is 22.6 Å². The van der Waals surface area contributed by atoms with Crippen LogP contribution in [0.1, 0.15) is 18.9 Å². The average molecular weight is 385 g/mol. The molecule has 1 heterocycles. The third kappa shape index (κ3) is 5.62. The van der Waals surface area contributed by atoms with Gasteiger partial charge in [0.1, 0.15) is 0 Å². The molecule has 0 aliphatic carbocycles. The van der Waals surface area contributed by atoms with E-state index in [2.05, 4.69) is 15.5 Å². The first-order chi connectivity index (χ1) is 12.0. The fourth-order valence-corrected chi connectivity index (χ4v) is 3.25. The Morgan fingerprint density at radius 1 is 1.48 bits per heavy atom. The maximum absolute atomic E-state index is 12.3. The molecule has 1 aromatic carbocycles. The Kier molecular flexibility index (Phi) is 7.54. The molecule has 1 aromatic heterocycles. The summed E-state index contributed by atoms with van der Waals surface area (Å²) in [6, 6.07) is 7.35. The highest BCUT2D eigenvalue weighted by Crippen LogP contribution is 2.20. The number of aromatic amines is 1. The predicted octanol–water partition coefficient (Wildman–Crippen LogP) is 2.06. The molecule has 0 aliphatic rings. The molecule has 7 nitrogen and oxygen atoms in total. The number of thioether (sulfide) groups is 1. The minimum absolute atomic E-state index is 0.149. The summed E-state index contributed by atoms with van der Waals surface area (Å²) in [5.74, 6) is -0.149. The van der Waals surface area contributed by atoms with Crippen molar-refractivity contribution in [2.24, 2.45) is 0 Å². The molecule has 0 aliphatic heterocycles. The number of amides is 1. The van der Waals surface area contributed by atoms with E-state index in [0.717, 1.165) is 5.56 Å². The summed E-state index contributed by atoms with van der Waals surface area (Å²) in [4.78, 5) is 24.1. The van der Waals surface area contributed by atoms with Crippen LogP contribution in [-0.4, -0.2) is 39.6 Å². The Bertz CT molecular complexity index is 762. The van der Waals surface area contributed by atoms with E-state index in [9.17, 15) is 9.59 Å². The van der Waals surface area contributed by atoms with Gasteiger partial charge in [-0.2, -0.15) is 0 Å². The molecule has 25 heavy (non-hydrogen) atoms. The normalized spacial score (nSPS) is 12.1. The van der Waals surface area contributed by atoms with Crippen LogP contribution in [0.2, 0.25) is 5.02 Å². The summed E-state index contributed by atoms with van der Waals surface area (Å²) in [5.41, 5.74) is 0.563. The summed E-state index contributed by atoms with van der Waals surface area (Å²) in [6.07, 6.45) is 0.691. The van der Waals surface area contributed by atoms with E-state index in [1.807, 2.05) is 18.2 Å². The van der Waals surface area contributed by atoms with Gasteiger partial charge in [0.2, 0.25) is 5.91 Å². The molecule has 2 N–H and O–H groups in total. The Balaban J connectivity index is 1.93. The van der Waals surface area contributed by atoms with E-state index in [-0.39, 0.29) is 11.6 Å². The SMILES string of the molecule is COCCCn1c(SC(C)C(=O)NCc2ccccc2Cl)n[nH]c1=O. The van der Waals surface area contributed by atoms with Crippen LogP contribution in [0, 0.1) is 0 Å². The van der Waals surface area contributed by atoms with Gasteiger partial charge in [-0.3, -0.25) is 9.36 Å². The second-order valence-electron chi connectivity index (χ2n) is 5.38. The van der Waals surface area contributed by atoms with Crippen molar-refractivity contribution >= 4 is 29.3 Å². The van der Waals surface area contributed by atoms with Crippen LogP contribution in [0.3, 0.4) is 0 Å². The van der Waals surface area contributed by atoms with Crippen molar-refractivity contribution in [3.8, 4) is 0 Å². The van der Waals surface area contributed by atoms with Gasteiger partial charge >= 0.3 is 5.69 Å². The molecule has 9 heteroatoms. The Labute approximate surface area is 155 Å². The number of methoxy groups -OCH3 is 1. The van der Waals surface area contributed by atoms with Crippen molar-refractivity contribution < 1.29 is 9.53 Å². The number of nitrogens with zero attached hydrogens (tertiary/aromatic N) is 2. The van der Waals surface area contributed by atoms with Gasteiger partial charge in [-0.05, 0) is 25.0 Å². The summed E-state index contributed by atoms with van der Waals surface area (Å²) < 4.78 is 6.51. The maximum Gasteiger partial charge on any atom is 0.343 e. The van der Waals surface area contributed by atoms with Gasteiger partial charge in [-0.15, -0.1) is 5.10 Å². The third-order valence-electron chi connectivity index (χ3n) is 3.52. The minimum atomic E-state index is -0.404. The van der Waals surface area contributed by atoms with Crippen LogP contribution in [0.5, 0.6) is 0 Å². The number of aromatic nitrogens is 3. The molecule has 1 atom stereocenters. The van der Waals surface area contributed by atoms with Crippen molar-refractivity contribution in [1.29, 1.82) is 0 Å². The lowest BCUT2D eigenvalue weighted by Crippen LogP contribution is -2.31. The van der Waals surface area contributed by atoms with Crippen molar-refractivity contribution in [2.75, 3.05) is 13.7 Å². The highest BCUT2D eigenvalue weighted by atomic mass is 35.5. The zero-order valence-electron chi connectivity index (χ0n) is 14.1. The first kappa shape index (κ1) is 19.6. The first-order valence-corrected chi connectivity index (χ1v) is 9.10. The summed E-state index contributed by atoms with van der Waals surface area (Å²) in [7, 11) is 1.61. The molecule has 2 rings (SSSR count). The number of carbonyl (C=O) groups excluding carboxylic acids is 1. The summed E-state index contributed by atoms with van der Waals surface area (Å²) in [5, 5.41) is 9.96. The van der Waals surface area contributed by atoms with Crippen molar-refractivity contribution in [3.05, 3.63) is 45.3 Å². The van der Waals surface area contributed by atoms with E-state index in [0.29, 0.717) is 36.3 Å². The van der Waals surface area contributed by atoms with Gasteiger partial charge in [-0.25, -0.2) is 9.89 Å². The summed E-state index contributed by atoms with van der Waals surface area (Å²) in [6.45, 7) is 3.16. The maximum atomic E-state index is 12.3. The van der Waals surface area contributed by atoms with Crippen molar-refractivity contribution in [3.63, 3.8) is 0 Å². The molecular formula is C16H21ClN4O3S. The number of hydrogen-bond acceptors (Lipinski definition) is 5. The average Bonchev–Trinajstić information content (AvgIpc) is 2.94. The standard InChI is InChI=1S/C16H21ClN4O3S/c1-11(14(22)18-10-12-6-3-4-7-13(12)17)25-16-20-19-15(23)21(16)8-5-9-24-2/h3-4,6-7,11H,5,8-10H2,1-2H3,(H,18,22)(H,19,23). The lowest BCUT2D eigenvalue weighted by molar-refractivity contribution is -0.120. The second-order valence-corrected chi connectivity index (χ2v) is 7.09. The smallest absolute Gasteiger partial charge is 0.343 e. The highest BCUT2D eigenvalue weighted by molar-refractivity contribution is 8.00. The molecule has 2 aromatic rings. The molecule has 0 fully saturated rings. The number of rotatable bonds is 9. The monoisotopic (exact) mass is 384 g/mol. The molecule has 0 saturated carbocycles. The lowest BCUT2D eigenvalue weighted by atomic mass is 10.2. The minimum Gasteiger partial charge on any atom is -0.385 e. The van der Waals surface area contributed by atoms with E-state index in [1.54, 1.807) is 20.1 Å². The fraction of sp³-hybridized carbons (Fsp3) is 0.438. The molecule has 1 unspecified atom stereocenters. The zero-order valence-corrected chi connectivity index (χ0v) is 15.7. The Morgan fingerprint density at radius 3 is 2.96 bits per heavy atom. The lowest BCUT2D eigenvalue weighted by Gasteiger charge is -2.12. The van der Waals surface area contributed by atoms with Crippen molar-refractivity contribution in [2.45, 2.75) is 36.8 Å².